The molecule has 0 heterocycles. The van der Waals surface area contributed by atoms with Gasteiger partial charge in [0.25, 0.3) is 0 Å². The second-order valence-corrected chi connectivity index (χ2v) is 5.78. The van der Waals surface area contributed by atoms with Gasteiger partial charge in [-0.3, -0.25) is 4.79 Å². The average molecular weight is 272 g/mol. The molecule has 0 spiro atoms. The molecule has 1 aliphatic carbocycles. The third kappa shape index (κ3) is 2.56. The highest BCUT2D eigenvalue weighted by atomic mass is 32.2. The van der Waals surface area contributed by atoms with Gasteiger partial charge in [-0.1, -0.05) is 30.0 Å². The molecule has 0 aromatic heterocycles. The van der Waals surface area contributed by atoms with Gasteiger partial charge in [-0.25, -0.2) is 4.39 Å². The highest BCUT2D eigenvalue weighted by molar-refractivity contribution is 7.99. The van der Waals surface area contributed by atoms with Crippen LogP contribution in [0.2, 0.25) is 0 Å². The molecule has 0 radical (unpaired) electrons. The second kappa shape index (κ2) is 5.17. The first-order valence-corrected chi connectivity index (χ1v) is 7.14. The first kappa shape index (κ1) is 12.4. The first-order chi connectivity index (χ1) is 9.24. The van der Waals surface area contributed by atoms with Gasteiger partial charge in [-0.15, -0.1) is 0 Å². The van der Waals surface area contributed by atoms with E-state index in [0.29, 0.717) is 12.0 Å². The Morgan fingerprint density at radius 3 is 2.58 bits per heavy atom. The van der Waals surface area contributed by atoms with E-state index in [1.54, 1.807) is 0 Å². The van der Waals surface area contributed by atoms with Crippen LogP contribution in [0.4, 0.5) is 4.39 Å². The number of Topliss-reactive ketones (excluding diaryl/α,β-unsaturated/α-hetero) is 1. The zero-order valence-corrected chi connectivity index (χ0v) is 11.2. The van der Waals surface area contributed by atoms with E-state index in [1.165, 1.54) is 17.8 Å². The molecular formula is C16H13FOS. The van der Waals surface area contributed by atoms with Gasteiger partial charge in [0.2, 0.25) is 0 Å². The van der Waals surface area contributed by atoms with Crippen LogP contribution in [0.3, 0.4) is 0 Å². The number of carbonyl (C=O) groups excluding carboxylic acids is 1. The zero-order valence-electron chi connectivity index (χ0n) is 10.4. The fraction of sp³-hybridized carbons (Fsp3) is 0.188. The Morgan fingerprint density at radius 1 is 1.00 bits per heavy atom. The number of fused-ring (bicyclic) bond motifs is 1. The van der Waals surface area contributed by atoms with Gasteiger partial charge in [0.1, 0.15) is 5.82 Å². The monoisotopic (exact) mass is 272 g/mol. The summed E-state index contributed by atoms with van der Waals surface area (Å²) in [6.45, 7) is 0. The third-order valence-electron chi connectivity index (χ3n) is 3.25. The van der Waals surface area contributed by atoms with E-state index in [1.807, 2.05) is 36.4 Å². The molecule has 0 atom stereocenters. The van der Waals surface area contributed by atoms with Gasteiger partial charge in [0, 0.05) is 16.2 Å². The summed E-state index contributed by atoms with van der Waals surface area (Å²) in [6.07, 6.45) is 2.08. The van der Waals surface area contributed by atoms with Crippen LogP contribution in [0.5, 0.6) is 0 Å². The van der Waals surface area contributed by atoms with E-state index in [4.69, 9.17) is 0 Å². The maximum absolute atomic E-state index is 14.1. The van der Waals surface area contributed by atoms with Crippen LogP contribution in [0.1, 0.15) is 28.8 Å². The van der Waals surface area contributed by atoms with Gasteiger partial charge < -0.3 is 0 Å². The molecule has 3 heteroatoms. The number of carbonyl (C=O) groups is 1. The Bertz CT molecular complexity index is 622. The molecule has 0 bridgehead atoms. The van der Waals surface area contributed by atoms with Crippen LogP contribution in [-0.4, -0.2) is 5.78 Å². The summed E-state index contributed by atoms with van der Waals surface area (Å²) in [5.74, 6) is -0.435. The van der Waals surface area contributed by atoms with Gasteiger partial charge in [0.15, 0.2) is 5.78 Å². The molecule has 2 aromatic rings. The molecular weight excluding hydrogens is 259 g/mol. The molecule has 96 valence electrons. The van der Waals surface area contributed by atoms with E-state index < -0.39 is 0 Å². The molecule has 0 amide bonds. The summed E-state index contributed by atoms with van der Waals surface area (Å²) in [5.41, 5.74) is 1.17. The van der Waals surface area contributed by atoms with Gasteiger partial charge in [0.05, 0.1) is 5.56 Å². The summed E-state index contributed by atoms with van der Waals surface area (Å²) in [6, 6.07) is 13.3. The highest BCUT2D eigenvalue weighted by Crippen LogP contribution is 2.33. The molecule has 0 saturated carbocycles. The van der Waals surface area contributed by atoms with Gasteiger partial charge in [-0.05, 0) is 42.7 Å². The molecule has 0 saturated heterocycles. The predicted octanol–water partition coefficient (Wildman–Crippen LogP) is 4.50. The zero-order chi connectivity index (χ0) is 13.2. The van der Waals surface area contributed by atoms with Crippen LogP contribution in [0, 0.1) is 5.82 Å². The maximum atomic E-state index is 14.1. The minimum atomic E-state index is -0.374. The van der Waals surface area contributed by atoms with E-state index in [0.717, 1.165) is 28.2 Å². The lowest BCUT2D eigenvalue weighted by atomic mass is 9.90. The summed E-state index contributed by atoms with van der Waals surface area (Å²) in [4.78, 5) is 13.7. The van der Waals surface area contributed by atoms with Crippen molar-refractivity contribution in [3.8, 4) is 0 Å². The molecule has 3 rings (SSSR count). The highest BCUT2D eigenvalue weighted by Gasteiger charge is 2.22. The van der Waals surface area contributed by atoms with Crippen molar-refractivity contribution in [3.05, 3.63) is 59.4 Å². The molecule has 0 aliphatic heterocycles. The quantitative estimate of drug-likeness (QED) is 0.801. The molecule has 1 nitrogen and oxygen atoms in total. The Balaban J connectivity index is 1.96. The number of benzene rings is 2. The van der Waals surface area contributed by atoms with E-state index >= 15 is 0 Å². The van der Waals surface area contributed by atoms with Crippen molar-refractivity contribution < 1.29 is 9.18 Å². The number of hydrogen-bond acceptors (Lipinski definition) is 2. The molecule has 2 aromatic carbocycles. The first-order valence-electron chi connectivity index (χ1n) is 6.32. The van der Waals surface area contributed by atoms with Crippen LogP contribution in [-0.2, 0) is 6.42 Å². The van der Waals surface area contributed by atoms with E-state index in [-0.39, 0.29) is 11.6 Å². The van der Waals surface area contributed by atoms with Gasteiger partial charge in [-0.2, -0.15) is 0 Å². The molecule has 0 fully saturated rings. The lowest BCUT2D eigenvalue weighted by molar-refractivity contribution is 0.0968. The summed E-state index contributed by atoms with van der Waals surface area (Å²) < 4.78 is 14.1. The number of rotatable bonds is 2. The smallest absolute Gasteiger partial charge is 0.166 e. The second-order valence-electron chi connectivity index (χ2n) is 4.63. The van der Waals surface area contributed by atoms with Crippen LogP contribution >= 0.6 is 11.8 Å². The average Bonchev–Trinajstić information content (AvgIpc) is 2.39. The standard InChI is InChI=1S/C16H13FOS/c17-14-10-13(19-12-6-2-1-3-7-12)9-11-5-4-8-15(18)16(11)14/h1-3,6-7,9-10H,4-5,8H2. The van der Waals surface area contributed by atoms with E-state index in [9.17, 15) is 9.18 Å². The fourth-order valence-corrected chi connectivity index (χ4v) is 3.32. The van der Waals surface area contributed by atoms with Crippen LogP contribution in [0.25, 0.3) is 0 Å². The van der Waals surface area contributed by atoms with Crippen molar-refractivity contribution in [2.24, 2.45) is 0 Å². The fourth-order valence-electron chi connectivity index (χ4n) is 2.39. The van der Waals surface area contributed by atoms with Crippen molar-refractivity contribution in [3.63, 3.8) is 0 Å². The van der Waals surface area contributed by atoms with Crippen molar-refractivity contribution in [2.75, 3.05) is 0 Å². The number of halogens is 1. The van der Waals surface area contributed by atoms with Gasteiger partial charge >= 0.3 is 0 Å². The molecule has 0 N–H and O–H groups in total. The topological polar surface area (TPSA) is 17.1 Å². The minimum absolute atomic E-state index is 0.0602. The van der Waals surface area contributed by atoms with Crippen molar-refractivity contribution in [1.82, 2.24) is 0 Å². The Labute approximate surface area is 115 Å². The van der Waals surface area contributed by atoms with Crippen LogP contribution < -0.4 is 0 Å². The Hall–Kier alpha value is -1.61. The third-order valence-corrected chi connectivity index (χ3v) is 4.23. The Morgan fingerprint density at radius 2 is 1.79 bits per heavy atom. The van der Waals surface area contributed by atoms with Crippen molar-refractivity contribution >= 4 is 17.5 Å². The number of ketones is 1. The predicted molar refractivity (Wildman–Crippen MR) is 74.2 cm³/mol. The largest absolute Gasteiger partial charge is 0.294 e. The SMILES string of the molecule is O=C1CCCc2cc(Sc3ccccc3)cc(F)c21. The summed E-state index contributed by atoms with van der Waals surface area (Å²) in [7, 11) is 0. The van der Waals surface area contributed by atoms with Crippen LogP contribution in [0.15, 0.2) is 52.3 Å². The number of hydrogen-bond donors (Lipinski definition) is 0. The summed E-state index contributed by atoms with van der Waals surface area (Å²) >= 11 is 1.52. The molecule has 0 unspecified atom stereocenters. The summed E-state index contributed by atoms with van der Waals surface area (Å²) in [5, 5.41) is 0. The van der Waals surface area contributed by atoms with Crippen molar-refractivity contribution in [1.29, 1.82) is 0 Å². The van der Waals surface area contributed by atoms with Crippen molar-refractivity contribution in [2.45, 2.75) is 29.1 Å². The molecule has 19 heavy (non-hydrogen) atoms. The lowest BCUT2D eigenvalue weighted by Gasteiger charge is -2.16. The maximum Gasteiger partial charge on any atom is 0.166 e. The minimum Gasteiger partial charge on any atom is -0.294 e. The lowest BCUT2D eigenvalue weighted by Crippen LogP contribution is -2.13. The van der Waals surface area contributed by atoms with E-state index in [2.05, 4.69) is 0 Å². The Kier molecular flexibility index (Phi) is 3.38. The normalized spacial score (nSPS) is 14.3. The number of aryl methyl sites for hydroxylation is 1. The molecule has 1 aliphatic rings.